The average molecular weight is 337 g/mol. The van der Waals surface area contributed by atoms with Gasteiger partial charge in [-0.1, -0.05) is 17.7 Å². The lowest BCUT2D eigenvalue weighted by molar-refractivity contribution is 0.470. The number of nitrogens with zero attached hydrogens (tertiary/aromatic N) is 1. The van der Waals surface area contributed by atoms with E-state index in [0.29, 0.717) is 12.8 Å². The third-order valence-corrected chi connectivity index (χ3v) is 4.78. The van der Waals surface area contributed by atoms with E-state index in [1.807, 2.05) is 20.8 Å². The summed E-state index contributed by atoms with van der Waals surface area (Å²) in [5.41, 5.74) is 0.287. The van der Waals surface area contributed by atoms with Crippen LogP contribution in [-0.4, -0.2) is 14.3 Å². The summed E-state index contributed by atoms with van der Waals surface area (Å²) in [4.78, 5) is 3.35. The standard InChI is InChI=1S/C14H19ClF2N2OS/c1-5-6-7-10(19-21(20)14(2,3)4)9-8-18-13(17)12(16)11(9)15/h5,8,10,19H,1,6-7H2,2-4H3. The highest BCUT2D eigenvalue weighted by molar-refractivity contribution is 7.90. The van der Waals surface area contributed by atoms with Crippen LogP contribution >= 0.6 is 11.6 Å². The molecule has 21 heavy (non-hydrogen) atoms. The van der Waals surface area contributed by atoms with Crippen LogP contribution in [0.4, 0.5) is 8.78 Å². The monoisotopic (exact) mass is 336 g/mol. The van der Waals surface area contributed by atoms with Gasteiger partial charge in [-0.2, -0.15) is 4.39 Å². The largest absolute Gasteiger partial charge is 0.598 e. The maximum absolute atomic E-state index is 13.6. The first kappa shape index (κ1) is 18.4. The second-order valence-corrected chi connectivity index (χ2v) is 7.93. The zero-order valence-electron chi connectivity index (χ0n) is 12.3. The molecule has 0 bridgehead atoms. The first-order chi connectivity index (χ1) is 9.68. The topological polar surface area (TPSA) is 48.0 Å². The Morgan fingerprint density at radius 1 is 1.52 bits per heavy atom. The van der Waals surface area contributed by atoms with Crippen LogP contribution in [0.2, 0.25) is 5.02 Å². The van der Waals surface area contributed by atoms with Crippen LogP contribution in [0.5, 0.6) is 0 Å². The fourth-order valence-electron chi connectivity index (χ4n) is 1.57. The van der Waals surface area contributed by atoms with Crippen molar-refractivity contribution in [2.75, 3.05) is 0 Å². The molecule has 0 fully saturated rings. The van der Waals surface area contributed by atoms with Gasteiger partial charge in [0.15, 0.2) is 5.82 Å². The van der Waals surface area contributed by atoms with Crippen LogP contribution < -0.4 is 4.72 Å². The van der Waals surface area contributed by atoms with Gasteiger partial charge < -0.3 is 4.55 Å². The molecule has 1 N–H and O–H groups in total. The zero-order valence-corrected chi connectivity index (χ0v) is 13.8. The summed E-state index contributed by atoms with van der Waals surface area (Å²) in [5.74, 6) is -2.44. The molecule has 0 amide bonds. The Hall–Kier alpha value is -0.690. The molecule has 118 valence electrons. The van der Waals surface area contributed by atoms with E-state index >= 15 is 0 Å². The molecule has 0 spiro atoms. The number of rotatable bonds is 6. The van der Waals surface area contributed by atoms with Crippen LogP contribution in [-0.2, 0) is 11.4 Å². The van der Waals surface area contributed by atoms with E-state index in [1.165, 1.54) is 6.20 Å². The van der Waals surface area contributed by atoms with Crippen molar-refractivity contribution < 1.29 is 13.3 Å². The molecule has 2 atom stereocenters. The van der Waals surface area contributed by atoms with Crippen LogP contribution in [0.3, 0.4) is 0 Å². The Balaban J connectivity index is 3.08. The molecular weight excluding hydrogens is 318 g/mol. The molecule has 0 radical (unpaired) electrons. The van der Waals surface area contributed by atoms with Crippen molar-refractivity contribution in [3.8, 4) is 0 Å². The van der Waals surface area contributed by atoms with Gasteiger partial charge in [0.2, 0.25) is 5.95 Å². The van der Waals surface area contributed by atoms with Crippen molar-refractivity contribution >= 4 is 23.0 Å². The number of halogens is 3. The van der Waals surface area contributed by atoms with Crippen molar-refractivity contribution in [1.29, 1.82) is 0 Å². The van der Waals surface area contributed by atoms with Crippen LogP contribution in [0.25, 0.3) is 0 Å². The molecule has 0 aromatic carbocycles. The molecule has 0 aliphatic heterocycles. The van der Waals surface area contributed by atoms with Crippen LogP contribution in [0, 0.1) is 11.8 Å². The number of pyridine rings is 1. The van der Waals surface area contributed by atoms with E-state index in [1.54, 1.807) is 6.08 Å². The van der Waals surface area contributed by atoms with E-state index in [2.05, 4.69) is 16.3 Å². The number of allylic oxidation sites excluding steroid dienone is 1. The predicted molar refractivity (Wildman–Crippen MR) is 82.4 cm³/mol. The van der Waals surface area contributed by atoms with Gasteiger partial charge in [0.25, 0.3) is 0 Å². The lowest BCUT2D eigenvalue weighted by atomic mass is 10.0. The first-order valence-electron chi connectivity index (χ1n) is 6.46. The maximum atomic E-state index is 13.6. The van der Waals surface area contributed by atoms with E-state index in [9.17, 15) is 13.3 Å². The Morgan fingerprint density at radius 2 is 2.14 bits per heavy atom. The summed E-state index contributed by atoms with van der Waals surface area (Å²) in [6.07, 6.45) is 3.96. The third kappa shape index (κ3) is 4.92. The molecule has 1 rings (SSSR count). The predicted octanol–water partition coefficient (Wildman–Crippen LogP) is 4.07. The van der Waals surface area contributed by atoms with Gasteiger partial charge in [-0.05, 0) is 33.6 Å². The summed E-state index contributed by atoms with van der Waals surface area (Å²) in [6, 6.07) is -0.502. The number of hydrogen-bond donors (Lipinski definition) is 1. The summed E-state index contributed by atoms with van der Waals surface area (Å²) in [7, 11) is 0. The maximum Gasteiger partial charge on any atom is 0.250 e. The van der Waals surface area contributed by atoms with Gasteiger partial charge in [0.05, 0.1) is 11.1 Å². The Morgan fingerprint density at radius 3 is 2.67 bits per heavy atom. The second kappa shape index (κ2) is 7.54. The molecule has 3 nitrogen and oxygen atoms in total. The van der Waals surface area contributed by atoms with Gasteiger partial charge in [-0.25, -0.2) is 9.37 Å². The molecule has 1 aromatic rings. The first-order valence-corrected chi connectivity index (χ1v) is 7.99. The van der Waals surface area contributed by atoms with Crippen molar-refractivity contribution in [2.24, 2.45) is 0 Å². The molecule has 2 unspecified atom stereocenters. The molecule has 1 heterocycles. The van der Waals surface area contributed by atoms with Gasteiger partial charge in [0.1, 0.15) is 4.75 Å². The van der Waals surface area contributed by atoms with E-state index in [0.717, 1.165) is 0 Å². The molecule has 1 aromatic heterocycles. The van der Waals surface area contributed by atoms with E-state index < -0.39 is 33.9 Å². The normalized spacial score (nSPS) is 14.8. The smallest absolute Gasteiger partial charge is 0.250 e. The van der Waals surface area contributed by atoms with Gasteiger partial charge in [-0.15, -0.1) is 11.3 Å². The summed E-state index contributed by atoms with van der Waals surface area (Å²) in [5, 5.41) is -0.338. The van der Waals surface area contributed by atoms with Crippen molar-refractivity contribution in [3.05, 3.63) is 41.2 Å². The van der Waals surface area contributed by atoms with Gasteiger partial charge in [-0.3, -0.25) is 0 Å². The Bertz CT molecular complexity index is 508. The summed E-state index contributed by atoms with van der Waals surface area (Å²) >= 11 is 4.47. The van der Waals surface area contributed by atoms with Gasteiger partial charge >= 0.3 is 0 Å². The molecule has 0 aliphatic carbocycles. The van der Waals surface area contributed by atoms with Crippen molar-refractivity contribution in [3.63, 3.8) is 0 Å². The lowest BCUT2D eigenvalue weighted by Crippen LogP contribution is -2.41. The highest BCUT2D eigenvalue weighted by Crippen LogP contribution is 2.30. The van der Waals surface area contributed by atoms with Gasteiger partial charge in [0, 0.05) is 23.1 Å². The SMILES string of the molecule is C=CCCC(N[S+]([O-])C(C)(C)C)c1cnc(F)c(F)c1Cl. The van der Waals surface area contributed by atoms with Crippen LogP contribution in [0.15, 0.2) is 18.9 Å². The molecular formula is C14H19ClF2N2OS. The Labute approximate surface area is 132 Å². The lowest BCUT2D eigenvalue weighted by Gasteiger charge is -2.28. The quantitative estimate of drug-likeness (QED) is 0.484. The number of nitrogens with one attached hydrogen (secondary N) is 1. The number of hydrogen-bond acceptors (Lipinski definition) is 3. The third-order valence-electron chi connectivity index (χ3n) is 2.78. The molecule has 0 saturated carbocycles. The summed E-state index contributed by atoms with van der Waals surface area (Å²) < 4.78 is 41.2. The minimum absolute atomic E-state index is 0.287. The summed E-state index contributed by atoms with van der Waals surface area (Å²) in [6.45, 7) is 9.06. The zero-order chi connectivity index (χ0) is 16.2. The minimum Gasteiger partial charge on any atom is -0.598 e. The highest BCUT2D eigenvalue weighted by atomic mass is 35.5. The highest BCUT2D eigenvalue weighted by Gasteiger charge is 2.31. The molecule has 7 heteroatoms. The van der Waals surface area contributed by atoms with Crippen LogP contribution in [0.1, 0.15) is 45.2 Å². The average Bonchev–Trinajstić information content (AvgIpc) is 2.40. The van der Waals surface area contributed by atoms with E-state index in [-0.39, 0.29) is 10.6 Å². The molecule has 0 aliphatic rings. The fourth-order valence-corrected chi connectivity index (χ4v) is 2.68. The number of aromatic nitrogens is 1. The molecule has 0 saturated heterocycles. The fraction of sp³-hybridized carbons (Fsp3) is 0.500. The minimum atomic E-state index is -1.38. The van der Waals surface area contributed by atoms with E-state index in [4.69, 9.17) is 11.6 Å². The second-order valence-electron chi connectivity index (χ2n) is 5.55. The Kier molecular flexibility index (Phi) is 6.59. The van der Waals surface area contributed by atoms with Crippen molar-refractivity contribution in [1.82, 2.24) is 9.71 Å². The van der Waals surface area contributed by atoms with Crippen molar-refractivity contribution in [2.45, 2.75) is 44.4 Å².